The van der Waals surface area contributed by atoms with Crippen LogP contribution < -0.4 is 21.9 Å². The zero-order valence-electron chi connectivity index (χ0n) is 10.8. The Balaban J connectivity index is 2.43. The Morgan fingerprint density at radius 1 is 1.32 bits per heavy atom. The number of hydrazine groups is 1. The van der Waals surface area contributed by atoms with Gasteiger partial charge in [-0.3, -0.25) is 10.2 Å². The van der Waals surface area contributed by atoms with Gasteiger partial charge < -0.3 is 10.6 Å². The van der Waals surface area contributed by atoms with E-state index in [0.29, 0.717) is 11.8 Å². The van der Waals surface area contributed by atoms with Crippen LogP contribution in [0.3, 0.4) is 0 Å². The van der Waals surface area contributed by atoms with E-state index >= 15 is 0 Å². The number of nitrogens with zero attached hydrogens (tertiary/aromatic N) is 2. The second-order valence-corrected chi connectivity index (χ2v) is 4.04. The third-order valence-corrected chi connectivity index (χ3v) is 2.73. The molecule has 0 aliphatic carbocycles. The summed E-state index contributed by atoms with van der Waals surface area (Å²) in [5.41, 5.74) is 3.16. The number of fused-ring (bicyclic) bond motifs is 1. The number of nitrogen functional groups attached to an aromatic ring is 1. The lowest BCUT2D eigenvalue weighted by molar-refractivity contribution is -0.121. The van der Waals surface area contributed by atoms with Crippen molar-refractivity contribution in [3.8, 4) is 0 Å². The molecule has 7 nitrogen and oxygen atoms in total. The van der Waals surface area contributed by atoms with Crippen LogP contribution >= 0.6 is 0 Å². The van der Waals surface area contributed by atoms with Gasteiger partial charge in [-0.1, -0.05) is 12.1 Å². The van der Waals surface area contributed by atoms with E-state index in [1.807, 2.05) is 24.3 Å². The molecule has 19 heavy (non-hydrogen) atoms. The van der Waals surface area contributed by atoms with Crippen LogP contribution in [0.2, 0.25) is 0 Å². The minimum Gasteiger partial charge on any atom is -0.358 e. The Kier molecular flexibility index (Phi) is 3.76. The van der Waals surface area contributed by atoms with Crippen molar-refractivity contribution in [1.82, 2.24) is 15.3 Å². The Hall–Kier alpha value is -2.41. The number of rotatable bonds is 4. The van der Waals surface area contributed by atoms with Gasteiger partial charge in [-0.25, -0.2) is 10.8 Å². The molecule has 1 aromatic carbocycles. The molecular formula is C12H16N6O. The van der Waals surface area contributed by atoms with E-state index in [2.05, 4.69) is 26.0 Å². The number of anilines is 2. The second-order valence-electron chi connectivity index (χ2n) is 4.04. The van der Waals surface area contributed by atoms with Crippen LogP contribution in [0.25, 0.3) is 10.9 Å². The molecule has 0 radical (unpaired) electrons. The Morgan fingerprint density at radius 3 is 2.74 bits per heavy atom. The third-order valence-electron chi connectivity index (χ3n) is 2.73. The number of hydrogen-bond acceptors (Lipinski definition) is 6. The molecule has 2 rings (SSSR count). The summed E-state index contributed by atoms with van der Waals surface area (Å²) in [6, 6.07) is 7.09. The van der Waals surface area contributed by atoms with Gasteiger partial charge in [-0.15, -0.1) is 0 Å². The van der Waals surface area contributed by atoms with Crippen LogP contribution in [0, 0.1) is 0 Å². The second kappa shape index (κ2) is 5.49. The van der Waals surface area contributed by atoms with Crippen LogP contribution in [-0.2, 0) is 4.79 Å². The molecule has 1 amide bonds. The Labute approximate surface area is 110 Å². The topological polar surface area (TPSA) is 105 Å². The van der Waals surface area contributed by atoms with E-state index in [1.54, 1.807) is 14.0 Å². The number of carbonyl (C=O) groups excluding carboxylic acids is 1. The van der Waals surface area contributed by atoms with Crippen molar-refractivity contribution in [1.29, 1.82) is 0 Å². The fourth-order valence-corrected chi connectivity index (χ4v) is 1.74. The third kappa shape index (κ3) is 2.71. The number of carbonyl (C=O) groups is 1. The summed E-state index contributed by atoms with van der Waals surface area (Å²) in [6.45, 7) is 1.76. The maximum Gasteiger partial charge on any atom is 0.241 e. The first kappa shape index (κ1) is 13.0. The molecule has 0 aliphatic rings. The fraction of sp³-hybridized carbons (Fsp3) is 0.250. The summed E-state index contributed by atoms with van der Waals surface area (Å²) in [6.07, 6.45) is 0. The standard InChI is InChI=1S/C12H16N6O/c1-7(11(19)14-2)15-10-8-5-3-4-6-9(8)16-12(17-10)18-13/h3-7H,13H2,1-2H3,(H,14,19)(H2,15,16,17,18). The zero-order chi connectivity index (χ0) is 13.8. The van der Waals surface area contributed by atoms with Gasteiger partial charge in [0, 0.05) is 12.4 Å². The number of hydrogen-bond donors (Lipinski definition) is 4. The van der Waals surface area contributed by atoms with Gasteiger partial charge in [-0.05, 0) is 19.1 Å². The lowest BCUT2D eigenvalue weighted by atomic mass is 10.2. The van der Waals surface area contributed by atoms with Gasteiger partial charge >= 0.3 is 0 Å². The van der Waals surface area contributed by atoms with Crippen LogP contribution in [0.1, 0.15) is 6.92 Å². The van der Waals surface area contributed by atoms with E-state index in [1.165, 1.54) is 0 Å². The molecule has 1 heterocycles. The number of nitrogens with one attached hydrogen (secondary N) is 3. The van der Waals surface area contributed by atoms with Crippen LogP contribution in [-0.4, -0.2) is 29.0 Å². The van der Waals surface area contributed by atoms with Gasteiger partial charge in [0.05, 0.1) is 5.52 Å². The summed E-state index contributed by atoms with van der Waals surface area (Å²) in [5, 5.41) is 6.46. The lowest BCUT2D eigenvalue weighted by Gasteiger charge is -2.15. The van der Waals surface area contributed by atoms with E-state index in [-0.39, 0.29) is 5.91 Å². The van der Waals surface area contributed by atoms with E-state index in [9.17, 15) is 4.79 Å². The SMILES string of the molecule is CNC(=O)C(C)Nc1nc(NN)nc2ccccc12. The molecule has 0 saturated carbocycles. The molecule has 0 bridgehead atoms. The summed E-state index contributed by atoms with van der Waals surface area (Å²) < 4.78 is 0. The van der Waals surface area contributed by atoms with Gasteiger partial charge in [0.25, 0.3) is 0 Å². The molecule has 5 N–H and O–H groups in total. The monoisotopic (exact) mass is 260 g/mol. The first-order valence-electron chi connectivity index (χ1n) is 5.87. The van der Waals surface area contributed by atoms with E-state index in [0.717, 1.165) is 10.9 Å². The normalized spacial score (nSPS) is 11.9. The first-order chi connectivity index (χ1) is 9.15. The molecule has 0 spiro atoms. The van der Waals surface area contributed by atoms with E-state index < -0.39 is 6.04 Å². The minimum atomic E-state index is -0.408. The minimum absolute atomic E-state index is 0.120. The summed E-state index contributed by atoms with van der Waals surface area (Å²) >= 11 is 0. The average Bonchev–Trinajstić information content (AvgIpc) is 2.46. The number of benzene rings is 1. The van der Waals surface area contributed by atoms with Gasteiger partial charge in [0.1, 0.15) is 11.9 Å². The highest BCUT2D eigenvalue weighted by Crippen LogP contribution is 2.21. The summed E-state index contributed by atoms with van der Waals surface area (Å²) in [7, 11) is 1.59. The predicted molar refractivity (Wildman–Crippen MR) is 74.5 cm³/mol. The fourth-order valence-electron chi connectivity index (χ4n) is 1.74. The predicted octanol–water partition coefficient (Wildman–Crippen LogP) is 0.462. The largest absolute Gasteiger partial charge is 0.358 e. The molecule has 1 atom stereocenters. The molecule has 2 aromatic rings. The molecule has 0 aliphatic heterocycles. The summed E-state index contributed by atoms with van der Waals surface area (Å²) in [5.74, 6) is 6.09. The maximum atomic E-state index is 11.5. The van der Waals surface area contributed by atoms with Crippen LogP contribution in [0.4, 0.5) is 11.8 Å². The van der Waals surface area contributed by atoms with Crippen LogP contribution in [0.5, 0.6) is 0 Å². The van der Waals surface area contributed by atoms with Gasteiger partial charge in [-0.2, -0.15) is 4.98 Å². The highest BCUT2D eigenvalue weighted by molar-refractivity contribution is 5.92. The van der Waals surface area contributed by atoms with Crippen molar-refractivity contribution >= 4 is 28.6 Å². The maximum absolute atomic E-state index is 11.5. The van der Waals surface area contributed by atoms with Gasteiger partial charge in [0.2, 0.25) is 11.9 Å². The van der Waals surface area contributed by atoms with Crippen molar-refractivity contribution in [2.45, 2.75) is 13.0 Å². The molecule has 0 saturated heterocycles. The number of aromatic nitrogens is 2. The quantitative estimate of drug-likeness (QED) is 0.470. The van der Waals surface area contributed by atoms with Crippen molar-refractivity contribution < 1.29 is 4.79 Å². The Morgan fingerprint density at radius 2 is 2.05 bits per heavy atom. The Bertz CT molecular complexity index is 600. The number of para-hydroxylation sites is 1. The molecule has 1 unspecified atom stereocenters. The van der Waals surface area contributed by atoms with Gasteiger partial charge in [0.15, 0.2) is 0 Å². The van der Waals surface area contributed by atoms with Crippen LogP contribution in [0.15, 0.2) is 24.3 Å². The number of likely N-dealkylation sites (N-methyl/N-ethyl adjacent to an activating group) is 1. The molecule has 7 heteroatoms. The average molecular weight is 260 g/mol. The highest BCUT2D eigenvalue weighted by atomic mass is 16.2. The van der Waals surface area contributed by atoms with Crippen molar-refractivity contribution in [3.05, 3.63) is 24.3 Å². The molecule has 100 valence electrons. The smallest absolute Gasteiger partial charge is 0.241 e. The molecule has 1 aromatic heterocycles. The summed E-state index contributed by atoms with van der Waals surface area (Å²) in [4.78, 5) is 20.0. The van der Waals surface area contributed by atoms with Crippen molar-refractivity contribution in [3.63, 3.8) is 0 Å². The van der Waals surface area contributed by atoms with Crippen molar-refractivity contribution in [2.75, 3.05) is 17.8 Å². The zero-order valence-corrected chi connectivity index (χ0v) is 10.8. The first-order valence-corrected chi connectivity index (χ1v) is 5.87. The molecule has 0 fully saturated rings. The van der Waals surface area contributed by atoms with E-state index in [4.69, 9.17) is 5.84 Å². The highest BCUT2D eigenvalue weighted by Gasteiger charge is 2.14. The van der Waals surface area contributed by atoms with Crippen molar-refractivity contribution in [2.24, 2.45) is 5.84 Å². The molecular weight excluding hydrogens is 244 g/mol. The number of nitrogens with two attached hydrogens (primary N) is 1. The number of amides is 1. The lowest BCUT2D eigenvalue weighted by Crippen LogP contribution is -2.35.